The van der Waals surface area contributed by atoms with E-state index >= 15 is 0 Å². The maximum atomic E-state index is 12.3. The number of carbonyl (C=O) groups is 1. The van der Waals surface area contributed by atoms with Crippen LogP contribution in [0.1, 0.15) is 32.6 Å². The molecule has 2 saturated heterocycles. The molecule has 0 radical (unpaired) electrons. The SMILES string of the molecule is CC1CCN(C(=O)N2CCCC2)C(CN)C1. The first-order valence-corrected chi connectivity index (χ1v) is 6.48. The second kappa shape index (κ2) is 5.04. The third-order valence-corrected chi connectivity index (χ3v) is 3.87. The zero-order chi connectivity index (χ0) is 11.5. The van der Waals surface area contributed by atoms with Crippen molar-refractivity contribution in [1.82, 2.24) is 9.80 Å². The molecule has 2 N–H and O–H groups in total. The van der Waals surface area contributed by atoms with Gasteiger partial charge in [0.2, 0.25) is 0 Å². The normalized spacial score (nSPS) is 30.9. The van der Waals surface area contributed by atoms with Crippen LogP contribution in [-0.2, 0) is 0 Å². The van der Waals surface area contributed by atoms with E-state index in [1.165, 1.54) is 0 Å². The Kier molecular flexibility index (Phi) is 3.69. The number of nitrogens with two attached hydrogens (primary N) is 1. The number of urea groups is 1. The van der Waals surface area contributed by atoms with Crippen molar-refractivity contribution in [2.75, 3.05) is 26.2 Å². The van der Waals surface area contributed by atoms with E-state index in [2.05, 4.69) is 6.92 Å². The molecule has 0 bridgehead atoms. The van der Waals surface area contributed by atoms with Gasteiger partial charge in [-0.15, -0.1) is 0 Å². The Bertz CT molecular complexity index is 251. The molecule has 2 fully saturated rings. The highest BCUT2D eigenvalue weighted by Crippen LogP contribution is 2.24. The van der Waals surface area contributed by atoms with Crippen molar-refractivity contribution in [3.05, 3.63) is 0 Å². The number of hydrogen-bond acceptors (Lipinski definition) is 2. The Balaban J connectivity index is 1.98. The molecule has 0 saturated carbocycles. The van der Waals surface area contributed by atoms with Gasteiger partial charge in [-0.3, -0.25) is 0 Å². The average Bonchev–Trinajstić information content (AvgIpc) is 2.81. The molecule has 16 heavy (non-hydrogen) atoms. The number of piperidine rings is 1. The lowest BCUT2D eigenvalue weighted by Gasteiger charge is -2.39. The summed E-state index contributed by atoms with van der Waals surface area (Å²) in [6.45, 7) is 5.60. The predicted molar refractivity (Wildman–Crippen MR) is 64.1 cm³/mol. The molecule has 0 aromatic heterocycles. The van der Waals surface area contributed by atoms with E-state index in [0.717, 1.165) is 45.3 Å². The van der Waals surface area contributed by atoms with E-state index in [0.29, 0.717) is 12.5 Å². The van der Waals surface area contributed by atoms with Crippen molar-refractivity contribution < 1.29 is 4.79 Å². The van der Waals surface area contributed by atoms with Crippen LogP contribution in [0.15, 0.2) is 0 Å². The van der Waals surface area contributed by atoms with Crippen LogP contribution in [0.5, 0.6) is 0 Å². The predicted octanol–water partition coefficient (Wildman–Crippen LogP) is 1.26. The standard InChI is InChI=1S/C12H23N3O/c1-10-4-7-15(11(8-10)9-13)12(16)14-5-2-3-6-14/h10-11H,2-9,13H2,1H3. The largest absolute Gasteiger partial charge is 0.328 e. The maximum Gasteiger partial charge on any atom is 0.320 e. The molecule has 2 atom stereocenters. The van der Waals surface area contributed by atoms with Gasteiger partial charge in [0.1, 0.15) is 0 Å². The highest BCUT2D eigenvalue weighted by molar-refractivity contribution is 5.75. The molecule has 4 heteroatoms. The first kappa shape index (κ1) is 11.7. The van der Waals surface area contributed by atoms with Crippen molar-refractivity contribution in [2.24, 2.45) is 11.7 Å². The lowest BCUT2D eigenvalue weighted by Crippen LogP contribution is -2.53. The maximum absolute atomic E-state index is 12.3. The van der Waals surface area contributed by atoms with Crippen LogP contribution >= 0.6 is 0 Å². The van der Waals surface area contributed by atoms with E-state index in [9.17, 15) is 4.79 Å². The van der Waals surface area contributed by atoms with Gasteiger partial charge in [-0.05, 0) is 31.6 Å². The molecule has 92 valence electrons. The molecule has 2 aliphatic heterocycles. The van der Waals surface area contributed by atoms with E-state index in [-0.39, 0.29) is 12.1 Å². The summed E-state index contributed by atoms with van der Waals surface area (Å²) in [4.78, 5) is 16.3. The Morgan fingerprint density at radius 3 is 2.62 bits per heavy atom. The van der Waals surface area contributed by atoms with E-state index in [4.69, 9.17) is 5.73 Å². The number of carbonyl (C=O) groups excluding carboxylic acids is 1. The molecule has 2 rings (SSSR count). The number of amides is 2. The zero-order valence-electron chi connectivity index (χ0n) is 10.2. The zero-order valence-corrected chi connectivity index (χ0v) is 10.2. The van der Waals surface area contributed by atoms with Gasteiger partial charge in [0.25, 0.3) is 0 Å². The average molecular weight is 225 g/mol. The summed E-state index contributed by atoms with van der Waals surface area (Å²) in [5, 5.41) is 0. The van der Waals surface area contributed by atoms with Crippen molar-refractivity contribution >= 4 is 6.03 Å². The quantitative estimate of drug-likeness (QED) is 0.730. The van der Waals surface area contributed by atoms with Crippen LogP contribution in [-0.4, -0.2) is 48.1 Å². The van der Waals surface area contributed by atoms with E-state index in [1.807, 2.05) is 9.80 Å². The summed E-state index contributed by atoms with van der Waals surface area (Å²) in [6, 6.07) is 0.483. The summed E-state index contributed by atoms with van der Waals surface area (Å²) in [6.07, 6.45) is 4.50. The van der Waals surface area contributed by atoms with Crippen LogP contribution in [0.4, 0.5) is 4.79 Å². The van der Waals surface area contributed by atoms with Crippen molar-refractivity contribution in [3.8, 4) is 0 Å². The molecule has 0 aliphatic carbocycles. The van der Waals surface area contributed by atoms with Gasteiger partial charge in [0.05, 0.1) is 0 Å². The molecular weight excluding hydrogens is 202 g/mol. The van der Waals surface area contributed by atoms with Crippen LogP contribution in [0, 0.1) is 5.92 Å². The fourth-order valence-corrected chi connectivity index (χ4v) is 2.82. The van der Waals surface area contributed by atoms with Gasteiger partial charge in [-0.2, -0.15) is 0 Å². The van der Waals surface area contributed by atoms with E-state index in [1.54, 1.807) is 0 Å². The molecule has 0 aromatic rings. The van der Waals surface area contributed by atoms with Crippen LogP contribution in [0.2, 0.25) is 0 Å². The Labute approximate surface area is 97.8 Å². The molecule has 4 nitrogen and oxygen atoms in total. The van der Waals surface area contributed by atoms with Crippen molar-refractivity contribution in [1.29, 1.82) is 0 Å². The van der Waals surface area contributed by atoms with Crippen molar-refractivity contribution in [3.63, 3.8) is 0 Å². The van der Waals surface area contributed by atoms with Gasteiger partial charge in [0.15, 0.2) is 0 Å². The number of nitrogens with zero attached hydrogens (tertiary/aromatic N) is 2. The summed E-state index contributed by atoms with van der Waals surface area (Å²) < 4.78 is 0. The third-order valence-electron chi connectivity index (χ3n) is 3.87. The lowest BCUT2D eigenvalue weighted by atomic mass is 9.93. The van der Waals surface area contributed by atoms with Gasteiger partial charge < -0.3 is 15.5 Å². The number of hydrogen-bond donors (Lipinski definition) is 1. The third kappa shape index (κ3) is 2.32. The Morgan fingerprint density at radius 1 is 1.31 bits per heavy atom. The number of rotatable bonds is 1. The summed E-state index contributed by atoms with van der Waals surface area (Å²) in [5.74, 6) is 0.705. The first-order chi connectivity index (χ1) is 7.72. The molecule has 2 heterocycles. The summed E-state index contributed by atoms with van der Waals surface area (Å²) in [5.41, 5.74) is 5.78. The second-order valence-electron chi connectivity index (χ2n) is 5.19. The van der Waals surface area contributed by atoms with Gasteiger partial charge in [-0.25, -0.2) is 4.79 Å². The summed E-state index contributed by atoms with van der Waals surface area (Å²) >= 11 is 0. The second-order valence-corrected chi connectivity index (χ2v) is 5.19. The van der Waals surface area contributed by atoms with Crippen LogP contribution < -0.4 is 5.73 Å². The molecule has 2 aliphatic rings. The minimum Gasteiger partial charge on any atom is -0.328 e. The van der Waals surface area contributed by atoms with Crippen LogP contribution in [0.25, 0.3) is 0 Å². The molecular formula is C12H23N3O. The molecule has 0 spiro atoms. The van der Waals surface area contributed by atoms with Crippen molar-refractivity contribution in [2.45, 2.75) is 38.6 Å². The number of likely N-dealkylation sites (tertiary alicyclic amines) is 2. The van der Waals surface area contributed by atoms with Gasteiger partial charge >= 0.3 is 6.03 Å². The minimum atomic E-state index is 0.222. The summed E-state index contributed by atoms with van der Waals surface area (Å²) in [7, 11) is 0. The van der Waals surface area contributed by atoms with Gasteiger partial charge in [-0.1, -0.05) is 6.92 Å². The molecule has 2 unspecified atom stereocenters. The Hall–Kier alpha value is -0.770. The smallest absolute Gasteiger partial charge is 0.320 e. The topological polar surface area (TPSA) is 49.6 Å². The monoisotopic (exact) mass is 225 g/mol. The van der Waals surface area contributed by atoms with Crippen LogP contribution in [0.3, 0.4) is 0 Å². The fourth-order valence-electron chi connectivity index (χ4n) is 2.82. The Morgan fingerprint density at radius 2 is 2.00 bits per heavy atom. The highest BCUT2D eigenvalue weighted by Gasteiger charge is 2.32. The first-order valence-electron chi connectivity index (χ1n) is 6.48. The lowest BCUT2D eigenvalue weighted by molar-refractivity contribution is 0.110. The molecule has 2 amide bonds. The van der Waals surface area contributed by atoms with Gasteiger partial charge in [0, 0.05) is 32.2 Å². The minimum absolute atomic E-state index is 0.222. The highest BCUT2D eigenvalue weighted by atomic mass is 16.2. The van der Waals surface area contributed by atoms with E-state index < -0.39 is 0 Å². The fraction of sp³-hybridized carbons (Fsp3) is 0.917. The molecule has 0 aromatic carbocycles.